The van der Waals surface area contributed by atoms with E-state index >= 15 is 0 Å². The van der Waals surface area contributed by atoms with Crippen molar-refractivity contribution in [2.45, 2.75) is 6.92 Å². The number of rotatable bonds is 2. The topological polar surface area (TPSA) is 61.6 Å². The fraction of sp³-hybridized carbons (Fsp3) is 0.0833. The molecule has 0 unspecified atom stereocenters. The Hall–Kier alpha value is -2.00. The molecule has 90 valence electrons. The number of hydrogen-bond acceptors (Lipinski definition) is 4. The van der Waals surface area contributed by atoms with Crippen LogP contribution in [0.5, 0.6) is 0 Å². The maximum atomic E-state index is 13.4. The van der Waals surface area contributed by atoms with Crippen molar-refractivity contribution in [3.63, 3.8) is 0 Å². The SMILES string of the molecule is Cc1cc(Br)c(F)cc1Nc1cnc(C#N)cn1. The fourth-order valence-corrected chi connectivity index (χ4v) is 1.83. The molecule has 0 aliphatic rings. The first-order valence-corrected chi connectivity index (χ1v) is 5.84. The van der Waals surface area contributed by atoms with E-state index in [-0.39, 0.29) is 11.5 Å². The van der Waals surface area contributed by atoms with E-state index in [4.69, 9.17) is 5.26 Å². The van der Waals surface area contributed by atoms with Crippen LogP contribution in [-0.2, 0) is 0 Å². The van der Waals surface area contributed by atoms with Gasteiger partial charge in [0, 0.05) is 5.69 Å². The van der Waals surface area contributed by atoms with Crippen molar-refractivity contribution in [3.8, 4) is 6.07 Å². The van der Waals surface area contributed by atoms with Crippen LogP contribution in [0.2, 0.25) is 0 Å². The Labute approximate surface area is 112 Å². The van der Waals surface area contributed by atoms with Gasteiger partial charge in [-0.2, -0.15) is 5.26 Å². The Bertz CT molecular complexity index is 619. The van der Waals surface area contributed by atoms with Gasteiger partial charge in [-0.15, -0.1) is 0 Å². The Morgan fingerprint density at radius 3 is 2.72 bits per heavy atom. The molecule has 1 aromatic heterocycles. The fourth-order valence-electron chi connectivity index (χ4n) is 1.37. The van der Waals surface area contributed by atoms with Crippen LogP contribution in [-0.4, -0.2) is 9.97 Å². The van der Waals surface area contributed by atoms with Crippen molar-refractivity contribution in [1.29, 1.82) is 5.26 Å². The van der Waals surface area contributed by atoms with Crippen molar-refractivity contribution < 1.29 is 4.39 Å². The van der Waals surface area contributed by atoms with Gasteiger partial charge in [0.05, 0.1) is 16.9 Å². The second-order valence-corrected chi connectivity index (χ2v) is 4.46. The molecule has 18 heavy (non-hydrogen) atoms. The monoisotopic (exact) mass is 306 g/mol. The van der Waals surface area contributed by atoms with Crippen molar-refractivity contribution in [3.05, 3.63) is 46.1 Å². The molecule has 0 aliphatic heterocycles. The largest absolute Gasteiger partial charge is 0.339 e. The molecule has 6 heteroatoms. The molecular weight excluding hydrogens is 299 g/mol. The Kier molecular flexibility index (Phi) is 3.53. The minimum Gasteiger partial charge on any atom is -0.339 e. The van der Waals surface area contributed by atoms with Gasteiger partial charge in [0.15, 0.2) is 5.69 Å². The van der Waals surface area contributed by atoms with Gasteiger partial charge in [-0.25, -0.2) is 14.4 Å². The molecule has 0 spiro atoms. The lowest BCUT2D eigenvalue weighted by Gasteiger charge is -2.09. The number of aromatic nitrogens is 2. The van der Waals surface area contributed by atoms with E-state index in [1.54, 1.807) is 6.07 Å². The van der Waals surface area contributed by atoms with E-state index in [2.05, 4.69) is 31.2 Å². The standard InChI is InChI=1S/C12H8BrFN4/c1-7-2-9(13)10(14)3-11(7)18-12-6-16-8(4-15)5-17-12/h2-3,5-6H,1H3,(H,17,18). The van der Waals surface area contributed by atoms with Crippen LogP contribution in [0.25, 0.3) is 0 Å². The summed E-state index contributed by atoms with van der Waals surface area (Å²) in [7, 11) is 0. The predicted octanol–water partition coefficient (Wildman–Crippen LogP) is 3.30. The summed E-state index contributed by atoms with van der Waals surface area (Å²) in [6, 6.07) is 4.93. The van der Waals surface area contributed by atoms with E-state index < -0.39 is 0 Å². The van der Waals surface area contributed by atoms with Gasteiger partial charge in [0.1, 0.15) is 17.7 Å². The molecule has 0 saturated heterocycles. The molecule has 0 saturated carbocycles. The molecule has 0 aliphatic carbocycles. The van der Waals surface area contributed by atoms with Gasteiger partial charge in [-0.1, -0.05) is 0 Å². The molecule has 4 nitrogen and oxygen atoms in total. The average molecular weight is 307 g/mol. The average Bonchev–Trinajstić information content (AvgIpc) is 2.37. The second-order valence-electron chi connectivity index (χ2n) is 3.60. The molecule has 2 rings (SSSR count). The molecule has 0 radical (unpaired) electrons. The first-order valence-electron chi connectivity index (χ1n) is 5.05. The lowest BCUT2D eigenvalue weighted by molar-refractivity contribution is 0.621. The highest BCUT2D eigenvalue weighted by Crippen LogP contribution is 2.25. The quantitative estimate of drug-likeness (QED) is 0.924. The highest BCUT2D eigenvalue weighted by molar-refractivity contribution is 9.10. The van der Waals surface area contributed by atoms with Crippen molar-refractivity contribution in [2.75, 3.05) is 5.32 Å². The highest BCUT2D eigenvalue weighted by Gasteiger charge is 2.06. The van der Waals surface area contributed by atoms with E-state index in [1.807, 2.05) is 13.0 Å². The number of benzene rings is 1. The van der Waals surface area contributed by atoms with Gasteiger partial charge in [-0.3, -0.25) is 0 Å². The normalized spacial score (nSPS) is 9.89. The third-order valence-corrected chi connectivity index (χ3v) is 2.90. The lowest BCUT2D eigenvalue weighted by Crippen LogP contribution is -1.98. The van der Waals surface area contributed by atoms with Crippen LogP contribution in [0.4, 0.5) is 15.9 Å². The summed E-state index contributed by atoms with van der Waals surface area (Å²) in [4.78, 5) is 7.88. The van der Waals surface area contributed by atoms with E-state index in [9.17, 15) is 4.39 Å². The van der Waals surface area contributed by atoms with E-state index in [0.29, 0.717) is 16.0 Å². The van der Waals surface area contributed by atoms with E-state index in [1.165, 1.54) is 18.5 Å². The molecule has 0 atom stereocenters. The van der Waals surface area contributed by atoms with Crippen LogP contribution in [0.1, 0.15) is 11.3 Å². The molecule has 1 N–H and O–H groups in total. The smallest absolute Gasteiger partial charge is 0.158 e. The van der Waals surface area contributed by atoms with E-state index in [0.717, 1.165) is 5.56 Å². The predicted molar refractivity (Wildman–Crippen MR) is 68.9 cm³/mol. The van der Waals surface area contributed by atoms with Crippen LogP contribution < -0.4 is 5.32 Å². The molecule has 0 fully saturated rings. The van der Waals surface area contributed by atoms with Crippen LogP contribution in [0.3, 0.4) is 0 Å². The van der Waals surface area contributed by atoms with Crippen LogP contribution in [0, 0.1) is 24.1 Å². The summed E-state index contributed by atoms with van der Waals surface area (Å²) in [6.07, 6.45) is 2.78. The van der Waals surface area contributed by atoms with Gasteiger partial charge >= 0.3 is 0 Å². The number of nitrogens with zero attached hydrogens (tertiary/aromatic N) is 3. The molecule has 1 heterocycles. The van der Waals surface area contributed by atoms with Crippen molar-refractivity contribution >= 4 is 27.4 Å². The van der Waals surface area contributed by atoms with Gasteiger partial charge in [0.25, 0.3) is 0 Å². The number of nitrogens with one attached hydrogen (secondary N) is 1. The Balaban J connectivity index is 2.28. The summed E-state index contributed by atoms with van der Waals surface area (Å²) in [5, 5.41) is 11.5. The lowest BCUT2D eigenvalue weighted by atomic mass is 10.2. The number of nitriles is 1. The highest BCUT2D eigenvalue weighted by atomic mass is 79.9. The maximum absolute atomic E-state index is 13.4. The van der Waals surface area contributed by atoms with Gasteiger partial charge in [-0.05, 0) is 40.5 Å². The number of halogens is 2. The third-order valence-electron chi connectivity index (χ3n) is 2.30. The summed E-state index contributed by atoms with van der Waals surface area (Å²) < 4.78 is 13.8. The van der Waals surface area contributed by atoms with Crippen molar-refractivity contribution in [1.82, 2.24) is 9.97 Å². The molecule has 2 aromatic rings. The summed E-state index contributed by atoms with van der Waals surface area (Å²) in [5.41, 5.74) is 1.71. The van der Waals surface area contributed by atoms with Crippen molar-refractivity contribution in [2.24, 2.45) is 0 Å². The first kappa shape index (κ1) is 12.5. The van der Waals surface area contributed by atoms with Gasteiger partial charge < -0.3 is 5.32 Å². The molecule has 0 amide bonds. The number of hydrogen-bond donors (Lipinski definition) is 1. The minimum absolute atomic E-state index is 0.235. The summed E-state index contributed by atoms with van der Waals surface area (Å²) >= 11 is 3.12. The molecular formula is C12H8BrFN4. The second kappa shape index (κ2) is 5.10. The zero-order valence-corrected chi connectivity index (χ0v) is 11.0. The van der Waals surface area contributed by atoms with Crippen LogP contribution >= 0.6 is 15.9 Å². The zero-order chi connectivity index (χ0) is 13.1. The van der Waals surface area contributed by atoms with Crippen LogP contribution in [0.15, 0.2) is 29.0 Å². The Morgan fingerprint density at radius 2 is 2.11 bits per heavy atom. The van der Waals surface area contributed by atoms with Gasteiger partial charge in [0.2, 0.25) is 0 Å². The zero-order valence-electron chi connectivity index (χ0n) is 9.41. The summed E-state index contributed by atoms with van der Waals surface area (Å²) in [5.74, 6) is 0.100. The summed E-state index contributed by atoms with van der Waals surface area (Å²) in [6.45, 7) is 1.85. The Morgan fingerprint density at radius 1 is 1.33 bits per heavy atom. The third kappa shape index (κ3) is 2.63. The first-order chi connectivity index (χ1) is 8.60. The minimum atomic E-state index is -0.357. The molecule has 0 bridgehead atoms. The maximum Gasteiger partial charge on any atom is 0.158 e. The number of anilines is 2. The number of aryl methyl sites for hydroxylation is 1. The molecule has 1 aromatic carbocycles.